The Labute approximate surface area is 125 Å². The number of benzene rings is 2. The van der Waals surface area contributed by atoms with Crippen LogP contribution in [0.5, 0.6) is 5.75 Å². The third-order valence-electron chi connectivity index (χ3n) is 2.68. The van der Waals surface area contributed by atoms with Crippen LogP contribution >= 0.6 is 28.1 Å². The van der Waals surface area contributed by atoms with Crippen molar-refractivity contribution < 1.29 is 5.11 Å². The number of hydrogen-bond donors (Lipinski definition) is 2. The van der Waals surface area contributed by atoms with Crippen molar-refractivity contribution in [1.29, 1.82) is 0 Å². The summed E-state index contributed by atoms with van der Waals surface area (Å²) < 4.78 is 0.965. The largest absolute Gasteiger partial charge is 0.506 e. The molecule has 2 aromatic rings. The highest BCUT2D eigenvalue weighted by Crippen LogP contribution is 2.34. The molecule has 0 saturated heterocycles. The van der Waals surface area contributed by atoms with E-state index in [1.165, 1.54) is 0 Å². The maximum absolute atomic E-state index is 10.0. The molecule has 0 spiro atoms. The smallest absolute Gasteiger partial charge is 0.175 e. The van der Waals surface area contributed by atoms with Gasteiger partial charge in [-0.15, -0.1) is 0 Å². The first kappa shape index (κ1) is 13.8. The van der Waals surface area contributed by atoms with Crippen molar-refractivity contribution in [1.82, 2.24) is 0 Å². The molecular formula is C14H13BrN2OS. The van der Waals surface area contributed by atoms with Crippen molar-refractivity contribution in [2.75, 3.05) is 4.90 Å². The van der Waals surface area contributed by atoms with E-state index in [9.17, 15) is 5.11 Å². The number of rotatable bonds is 2. The normalized spacial score (nSPS) is 10.2. The second kappa shape index (κ2) is 5.59. The van der Waals surface area contributed by atoms with Gasteiger partial charge >= 0.3 is 0 Å². The number of aromatic hydroxyl groups is 1. The van der Waals surface area contributed by atoms with Gasteiger partial charge in [-0.05, 0) is 61.1 Å². The lowest BCUT2D eigenvalue weighted by atomic mass is 10.1. The maximum Gasteiger partial charge on any atom is 0.175 e. The minimum absolute atomic E-state index is 0.140. The number of anilines is 2. The summed E-state index contributed by atoms with van der Waals surface area (Å²) in [6.45, 7) is 1.95. The van der Waals surface area contributed by atoms with Crippen LogP contribution < -0.4 is 10.6 Å². The first-order valence-electron chi connectivity index (χ1n) is 5.64. The van der Waals surface area contributed by atoms with Gasteiger partial charge in [-0.25, -0.2) is 0 Å². The summed E-state index contributed by atoms with van der Waals surface area (Å²) in [5.41, 5.74) is 8.19. The fraction of sp³-hybridized carbons (Fsp3) is 0.0714. The summed E-state index contributed by atoms with van der Waals surface area (Å²) in [6, 6.07) is 12.9. The zero-order valence-electron chi connectivity index (χ0n) is 10.3. The summed E-state index contributed by atoms with van der Waals surface area (Å²) in [6.07, 6.45) is 0. The van der Waals surface area contributed by atoms with Crippen molar-refractivity contribution in [2.45, 2.75) is 6.92 Å². The van der Waals surface area contributed by atoms with Crippen LogP contribution in [0.1, 0.15) is 5.56 Å². The molecule has 0 saturated carbocycles. The summed E-state index contributed by atoms with van der Waals surface area (Å²) in [5.74, 6) is 0.140. The highest BCUT2D eigenvalue weighted by Gasteiger charge is 2.16. The summed E-state index contributed by atoms with van der Waals surface area (Å²) in [5, 5.41) is 10.2. The summed E-state index contributed by atoms with van der Waals surface area (Å²) >= 11 is 8.48. The molecule has 3 nitrogen and oxygen atoms in total. The number of aryl methyl sites for hydroxylation is 1. The Morgan fingerprint density at radius 2 is 1.84 bits per heavy atom. The Balaban J connectivity index is 2.54. The Kier molecular flexibility index (Phi) is 4.07. The van der Waals surface area contributed by atoms with E-state index in [2.05, 4.69) is 15.9 Å². The minimum Gasteiger partial charge on any atom is -0.506 e. The zero-order chi connectivity index (χ0) is 14.0. The molecule has 3 N–H and O–H groups in total. The number of phenols is 1. The van der Waals surface area contributed by atoms with Crippen LogP contribution in [0.4, 0.5) is 11.4 Å². The molecule has 0 fully saturated rings. The molecule has 0 aromatic heterocycles. The van der Waals surface area contributed by atoms with Gasteiger partial charge in [0.15, 0.2) is 5.11 Å². The van der Waals surface area contributed by atoms with Crippen LogP contribution in [0.3, 0.4) is 0 Å². The van der Waals surface area contributed by atoms with Gasteiger partial charge in [0.2, 0.25) is 0 Å². The van der Waals surface area contributed by atoms with Gasteiger partial charge in [-0.2, -0.15) is 0 Å². The summed E-state index contributed by atoms with van der Waals surface area (Å²) in [7, 11) is 0. The van der Waals surface area contributed by atoms with E-state index in [-0.39, 0.29) is 10.9 Å². The molecule has 0 aliphatic heterocycles. The van der Waals surface area contributed by atoms with Gasteiger partial charge in [-0.3, -0.25) is 4.90 Å². The summed E-state index contributed by atoms with van der Waals surface area (Å²) in [4.78, 5) is 1.64. The molecule has 98 valence electrons. The SMILES string of the molecule is Cc1ccc(O)c(N(C(N)=S)c2ccc(Br)cc2)c1. The molecule has 0 unspecified atom stereocenters. The number of nitrogens with two attached hydrogens (primary N) is 1. The molecule has 0 radical (unpaired) electrons. The maximum atomic E-state index is 10.0. The zero-order valence-corrected chi connectivity index (χ0v) is 12.7. The number of hydrogen-bond acceptors (Lipinski definition) is 2. The third kappa shape index (κ3) is 3.05. The molecule has 5 heteroatoms. The average molecular weight is 337 g/mol. The van der Waals surface area contributed by atoms with E-state index < -0.39 is 0 Å². The van der Waals surface area contributed by atoms with E-state index in [0.717, 1.165) is 15.7 Å². The minimum atomic E-state index is 0.140. The first-order chi connectivity index (χ1) is 8.99. The van der Waals surface area contributed by atoms with E-state index >= 15 is 0 Å². The molecule has 2 rings (SSSR count). The molecule has 0 amide bonds. The Morgan fingerprint density at radius 1 is 1.21 bits per heavy atom. The Morgan fingerprint density at radius 3 is 2.42 bits per heavy atom. The Bertz CT molecular complexity index is 613. The van der Waals surface area contributed by atoms with Gasteiger partial charge in [0.05, 0.1) is 5.69 Å². The second-order valence-electron chi connectivity index (χ2n) is 4.14. The predicted octanol–water partition coefficient (Wildman–Crippen LogP) is 3.84. The van der Waals surface area contributed by atoms with Crippen LogP contribution in [-0.2, 0) is 0 Å². The molecule has 0 atom stereocenters. The lowest BCUT2D eigenvalue weighted by Gasteiger charge is -2.24. The van der Waals surface area contributed by atoms with Crippen LogP contribution in [0.15, 0.2) is 46.9 Å². The fourth-order valence-electron chi connectivity index (χ4n) is 1.79. The third-order valence-corrected chi connectivity index (χ3v) is 3.39. The highest BCUT2D eigenvalue weighted by atomic mass is 79.9. The lowest BCUT2D eigenvalue weighted by Crippen LogP contribution is -2.31. The van der Waals surface area contributed by atoms with Crippen molar-refractivity contribution in [2.24, 2.45) is 5.73 Å². The van der Waals surface area contributed by atoms with Crippen LogP contribution in [0, 0.1) is 6.92 Å². The van der Waals surface area contributed by atoms with Gasteiger partial charge < -0.3 is 10.8 Å². The standard InChI is InChI=1S/C14H13BrN2OS/c1-9-2-7-13(18)12(8-9)17(14(16)19)11-5-3-10(15)4-6-11/h2-8,18H,1H3,(H2,16,19). The fourth-order valence-corrected chi connectivity index (χ4v) is 2.26. The van der Waals surface area contributed by atoms with Crippen LogP contribution in [-0.4, -0.2) is 10.2 Å². The van der Waals surface area contributed by atoms with Crippen molar-refractivity contribution in [3.63, 3.8) is 0 Å². The lowest BCUT2D eigenvalue weighted by molar-refractivity contribution is 0.476. The van der Waals surface area contributed by atoms with Gasteiger partial charge in [0.25, 0.3) is 0 Å². The molecule has 0 bridgehead atoms. The Hall–Kier alpha value is -1.59. The molecule has 0 aliphatic rings. The molecule has 0 aliphatic carbocycles. The van der Waals surface area contributed by atoms with Crippen molar-refractivity contribution in [3.05, 3.63) is 52.5 Å². The van der Waals surface area contributed by atoms with Crippen molar-refractivity contribution in [3.8, 4) is 5.75 Å². The van der Waals surface area contributed by atoms with E-state index in [1.807, 2.05) is 43.3 Å². The van der Waals surface area contributed by atoms with Crippen LogP contribution in [0.2, 0.25) is 0 Å². The number of nitrogens with zero attached hydrogens (tertiary/aromatic N) is 1. The first-order valence-corrected chi connectivity index (χ1v) is 6.84. The van der Waals surface area contributed by atoms with E-state index in [4.69, 9.17) is 18.0 Å². The van der Waals surface area contributed by atoms with Gasteiger partial charge in [0.1, 0.15) is 5.75 Å². The quantitative estimate of drug-likeness (QED) is 0.818. The van der Waals surface area contributed by atoms with E-state index in [1.54, 1.807) is 11.0 Å². The van der Waals surface area contributed by atoms with Gasteiger partial charge in [0, 0.05) is 10.2 Å². The number of thiocarbonyl (C=S) groups is 1. The molecular weight excluding hydrogens is 324 g/mol. The van der Waals surface area contributed by atoms with Gasteiger partial charge in [-0.1, -0.05) is 22.0 Å². The number of halogens is 1. The molecule has 0 heterocycles. The average Bonchev–Trinajstić information content (AvgIpc) is 2.36. The predicted molar refractivity (Wildman–Crippen MR) is 85.9 cm³/mol. The second-order valence-corrected chi connectivity index (χ2v) is 5.48. The highest BCUT2D eigenvalue weighted by molar-refractivity contribution is 9.10. The molecule has 19 heavy (non-hydrogen) atoms. The van der Waals surface area contributed by atoms with Crippen LogP contribution in [0.25, 0.3) is 0 Å². The monoisotopic (exact) mass is 336 g/mol. The van der Waals surface area contributed by atoms with E-state index in [0.29, 0.717) is 5.69 Å². The number of phenolic OH excluding ortho intramolecular Hbond substituents is 1. The topological polar surface area (TPSA) is 49.5 Å². The van der Waals surface area contributed by atoms with Crippen molar-refractivity contribution >= 4 is 44.6 Å². The molecule has 2 aromatic carbocycles.